The molecule has 2 N–H and O–H groups in total. The van der Waals surface area contributed by atoms with E-state index >= 15 is 0 Å². The molecule has 1 aliphatic heterocycles. The minimum absolute atomic E-state index is 0. The van der Waals surface area contributed by atoms with Crippen LogP contribution in [0.5, 0.6) is 5.75 Å². The summed E-state index contributed by atoms with van der Waals surface area (Å²) in [6.45, 7) is 2.31. The average molecular weight is 364 g/mol. The van der Waals surface area contributed by atoms with Gasteiger partial charge in [0.15, 0.2) is 0 Å². The summed E-state index contributed by atoms with van der Waals surface area (Å²) >= 11 is 3.41. The third kappa shape index (κ3) is 3.87. The maximum atomic E-state index is 12.4. The Morgan fingerprint density at radius 1 is 1.45 bits per heavy atom. The molecular formula is C14H20BrClN2O2. The number of carbonyl (C=O) groups excluding carboxylic acids is 1. The molecule has 2 rings (SSSR count). The summed E-state index contributed by atoms with van der Waals surface area (Å²) in [5.74, 6) is 1.38. The number of amides is 1. The van der Waals surface area contributed by atoms with Crippen molar-refractivity contribution in [1.82, 2.24) is 4.90 Å². The molecule has 0 unspecified atom stereocenters. The van der Waals surface area contributed by atoms with Gasteiger partial charge in [0.2, 0.25) is 0 Å². The van der Waals surface area contributed by atoms with Crippen molar-refractivity contribution in [3.63, 3.8) is 0 Å². The topological polar surface area (TPSA) is 55.6 Å². The Morgan fingerprint density at radius 3 is 2.60 bits per heavy atom. The van der Waals surface area contributed by atoms with Crippen LogP contribution in [0, 0.1) is 5.92 Å². The Balaban J connectivity index is 0.00000200. The van der Waals surface area contributed by atoms with Gasteiger partial charge in [0, 0.05) is 18.7 Å². The number of likely N-dealkylation sites (tertiary alicyclic amines) is 1. The molecule has 1 aromatic carbocycles. The third-order valence-corrected chi connectivity index (χ3v) is 4.25. The van der Waals surface area contributed by atoms with Gasteiger partial charge in [0.25, 0.3) is 5.91 Å². The van der Waals surface area contributed by atoms with Crippen LogP contribution in [0.25, 0.3) is 0 Å². The standard InChI is InChI=1S/C14H19BrN2O2.ClH/c1-19-13-3-2-11(8-12(13)15)14(18)17-6-4-10(9-16)5-7-17;/h2-3,8,10H,4-7,9,16H2,1H3;1H. The van der Waals surface area contributed by atoms with Crippen LogP contribution in [0.2, 0.25) is 0 Å². The highest BCUT2D eigenvalue weighted by Crippen LogP contribution is 2.27. The predicted octanol–water partition coefficient (Wildman–Crippen LogP) is 2.69. The number of rotatable bonds is 3. The molecule has 112 valence electrons. The zero-order valence-electron chi connectivity index (χ0n) is 11.5. The average Bonchev–Trinajstić information content (AvgIpc) is 2.46. The van der Waals surface area contributed by atoms with Crippen LogP contribution in [0.15, 0.2) is 22.7 Å². The number of ether oxygens (including phenoxy) is 1. The first-order chi connectivity index (χ1) is 9.15. The number of methoxy groups -OCH3 is 1. The molecule has 6 heteroatoms. The van der Waals surface area contributed by atoms with Crippen molar-refractivity contribution in [3.8, 4) is 5.75 Å². The number of nitrogens with two attached hydrogens (primary N) is 1. The highest BCUT2D eigenvalue weighted by Gasteiger charge is 2.23. The SMILES string of the molecule is COc1ccc(C(=O)N2CCC(CN)CC2)cc1Br.Cl. The van der Waals surface area contributed by atoms with Crippen LogP contribution in [0.1, 0.15) is 23.2 Å². The molecule has 1 saturated heterocycles. The Bertz CT molecular complexity index is 462. The van der Waals surface area contributed by atoms with E-state index in [9.17, 15) is 4.79 Å². The van der Waals surface area contributed by atoms with E-state index in [2.05, 4.69) is 15.9 Å². The van der Waals surface area contributed by atoms with E-state index < -0.39 is 0 Å². The zero-order valence-corrected chi connectivity index (χ0v) is 13.9. The minimum Gasteiger partial charge on any atom is -0.496 e. The molecule has 1 heterocycles. The van der Waals surface area contributed by atoms with Gasteiger partial charge in [-0.1, -0.05) is 0 Å². The van der Waals surface area contributed by atoms with E-state index in [0.717, 1.165) is 42.7 Å². The van der Waals surface area contributed by atoms with Crippen LogP contribution < -0.4 is 10.5 Å². The minimum atomic E-state index is 0. The summed E-state index contributed by atoms with van der Waals surface area (Å²) in [6, 6.07) is 5.43. The van der Waals surface area contributed by atoms with E-state index in [1.807, 2.05) is 17.0 Å². The van der Waals surface area contributed by atoms with E-state index in [1.165, 1.54) is 0 Å². The van der Waals surface area contributed by atoms with Gasteiger partial charge >= 0.3 is 0 Å². The van der Waals surface area contributed by atoms with Crippen molar-refractivity contribution in [2.24, 2.45) is 11.7 Å². The summed E-state index contributed by atoms with van der Waals surface area (Å²) in [5, 5.41) is 0. The van der Waals surface area contributed by atoms with Gasteiger partial charge in [-0.05, 0) is 59.4 Å². The molecule has 1 aromatic rings. The largest absolute Gasteiger partial charge is 0.496 e. The van der Waals surface area contributed by atoms with Gasteiger partial charge in [-0.15, -0.1) is 12.4 Å². The molecule has 0 saturated carbocycles. The highest BCUT2D eigenvalue weighted by atomic mass is 79.9. The molecule has 0 bridgehead atoms. The van der Waals surface area contributed by atoms with Gasteiger partial charge in [-0.25, -0.2) is 0 Å². The smallest absolute Gasteiger partial charge is 0.253 e. The van der Waals surface area contributed by atoms with E-state index in [-0.39, 0.29) is 18.3 Å². The van der Waals surface area contributed by atoms with Crippen molar-refractivity contribution in [2.45, 2.75) is 12.8 Å². The molecule has 1 fully saturated rings. The first-order valence-corrected chi connectivity index (χ1v) is 7.28. The summed E-state index contributed by atoms with van der Waals surface area (Å²) in [7, 11) is 1.61. The lowest BCUT2D eigenvalue weighted by molar-refractivity contribution is 0.0693. The lowest BCUT2D eigenvalue weighted by Gasteiger charge is -2.31. The Kier molecular flexibility index (Phi) is 6.79. The number of carbonyl (C=O) groups is 1. The molecule has 20 heavy (non-hydrogen) atoms. The first kappa shape index (κ1) is 17.3. The fourth-order valence-electron chi connectivity index (χ4n) is 2.35. The van der Waals surface area contributed by atoms with E-state index in [0.29, 0.717) is 11.5 Å². The van der Waals surface area contributed by atoms with Crippen molar-refractivity contribution in [1.29, 1.82) is 0 Å². The van der Waals surface area contributed by atoms with Crippen LogP contribution in [0.4, 0.5) is 0 Å². The molecule has 1 amide bonds. The van der Waals surface area contributed by atoms with Crippen LogP contribution >= 0.6 is 28.3 Å². The maximum Gasteiger partial charge on any atom is 0.253 e. The van der Waals surface area contributed by atoms with Crippen molar-refractivity contribution in [2.75, 3.05) is 26.7 Å². The fourth-order valence-corrected chi connectivity index (χ4v) is 2.89. The van der Waals surface area contributed by atoms with Gasteiger partial charge in [0.05, 0.1) is 11.6 Å². The Morgan fingerprint density at radius 2 is 2.10 bits per heavy atom. The molecule has 0 atom stereocenters. The van der Waals surface area contributed by atoms with Crippen molar-refractivity contribution in [3.05, 3.63) is 28.2 Å². The third-order valence-electron chi connectivity index (χ3n) is 3.63. The summed E-state index contributed by atoms with van der Waals surface area (Å²) in [6.07, 6.45) is 2.00. The monoisotopic (exact) mass is 362 g/mol. The van der Waals surface area contributed by atoms with Gasteiger partial charge in [-0.3, -0.25) is 4.79 Å². The van der Waals surface area contributed by atoms with E-state index in [1.54, 1.807) is 13.2 Å². The van der Waals surface area contributed by atoms with E-state index in [4.69, 9.17) is 10.5 Å². The number of nitrogens with zero attached hydrogens (tertiary/aromatic N) is 1. The second-order valence-electron chi connectivity index (χ2n) is 4.82. The summed E-state index contributed by atoms with van der Waals surface area (Å²) in [5.41, 5.74) is 6.36. The number of piperidine rings is 1. The van der Waals surface area contributed by atoms with Crippen molar-refractivity contribution < 1.29 is 9.53 Å². The maximum absolute atomic E-state index is 12.4. The second kappa shape index (κ2) is 7.86. The molecule has 4 nitrogen and oxygen atoms in total. The second-order valence-corrected chi connectivity index (χ2v) is 5.67. The quantitative estimate of drug-likeness (QED) is 0.898. The van der Waals surface area contributed by atoms with Crippen LogP contribution in [-0.2, 0) is 0 Å². The Hall–Kier alpha value is -0.780. The lowest BCUT2D eigenvalue weighted by atomic mass is 9.96. The molecule has 0 aliphatic carbocycles. The zero-order chi connectivity index (χ0) is 13.8. The fraction of sp³-hybridized carbons (Fsp3) is 0.500. The Labute approximate surface area is 134 Å². The normalized spacial score (nSPS) is 15.7. The number of hydrogen-bond donors (Lipinski definition) is 1. The first-order valence-electron chi connectivity index (χ1n) is 6.48. The van der Waals surface area contributed by atoms with Gasteiger partial charge < -0.3 is 15.4 Å². The highest BCUT2D eigenvalue weighted by molar-refractivity contribution is 9.10. The predicted molar refractivity (Wildman–Crippen MR) is 85.6 cm³/mol. The van der Waals surface area contributed by atoms with Gasteiger partial charge in [0.1, 0.15) is 5.75 Å². The van der Waals surface area contributed by atoms with Crippen LogP contribution in [-0.4, -0.2) is 37.6 Å². The number of halogens is 2. The number of hydrogen-bond acceptors (Lipinski definition) is 3. The summed E-state index contributed by atoms with van der Waals surface area (Å²) < 4.78 is 5.97. The summed E-state index contributed by atoms with van der Waals surface area (Å²) in [4.78, 5) is 14.3. The molecule has 0 spiro atoms. The molecular weight excluding hydrogens is 344 g/mol. The van der Waals surface area contributed by atoms with Crippen molar-refractivity contribution >= 4 is 34.2 Å². The molecule has 0 radical (unpaired) electrons. The molecule has 0 aromatic heterocycles. The lowest BCUT2D eigenvalue weighted by Crippen LogP contribution is -2.40. The van der Waals surface area contributed by atoms with Crippen LogP contribution in [0.3, 0.4) is 0 Å². The number of benzene rings is 1. The van der Waals surface area contributed by atoms with Gasteiger partial charge in [-0.2, -0.15) is 0 Å². The molecule has 1 aliphatic rings.